The molecule has 1 aromatic carbocycles. The van der Waals surface area contributed by atoms with Crippen LogP contribution in [-0.2, 0) is 16.2 Å². The average molecular weight is 442 g/mol. The van der Waals surface area contributed by atoms with Gasteiger partial charge in [-0.1, -0.05) is 37.3 Å². The summed E-state index contributed by atoms with van der Waals surface area (Å²) in [7, 11) is -4.00. The summed E-state index contributed by atoms with van der Waals surface area (Å²) < 4.78 is 66.8. The maximum Gasteiger partial charge on any atom is 0.435 e. The van der Waals surface area contributed by atoms with Crippen LogP contribution in [0.2, 0.25) is 0 Å². The first-order valence-corrected chi connectivity index (χ1v) is 10.4. The van der Waals surface area contributed by atoms with E-state index in [1.807, 2.05) is 0 Å². The van der Waals surface area contributed by atoms with Gasteiger partial charge in [0.25, 0.3) is 11.5 Å². The number of amides is 1. The van der Waals surface area contributed by atoms with Crippen LogP contribution in [0.25, 0.3) is 16.8 Å². The number of aromatic amines is 1. The van der Waals surface area contributed by atoms with Crippen molar-refractivity contribution >= 4 is 21.6 Å². The Hall–Kier alpha value is -3.15. The van der Waals surface area contributed by atoms with E-state index in [1.165, 1.54) is 31.2 Å². The van der Waals surface area contributed by atoms with Gasteiger partial charge in [0.15, 0.2) is 5.69 Å². The van der Waals surface area contributed by atoms with E-state index < -0.39 is 38.9 Å². The van der Waals surface area contributed by atoms with Gasteiger partial charge in [0.05, 0.1) is 11.3 Å². The third kappa shape index (κ3) is 3.95. The summed E-state index contributed by atoms with van der Waals surface area (Å²) in [5.74, 6) is -1.59. The maximum absolute atomic E-state index is 13.6. The van der Waals surface area contributed by atoms with E-state index in [2.05, 4.69) is 10.1 Å². The SMILES string of the molecule is CCCS(=O)(=O)NC(=O)c1c(C)[nH]c2c(-c3ccccc3)c(C(F)(F)F)nn2c1=O. The summed E-state index contributed by atoms with van der Waals surface area (Å²) in [5, 5.41) is 3.40. The van der Waals surface area contributed by atoms with Crippen LogP contribution in [0.15, 0.2) is 35.1 Å². The molecule has 0 fully saturated rings. The van der Waals surface area contributed by atoms with E-state index in [4.69, 9.17) is 0 Å². The van der Waals surface area contributed by atoms with Crippen LogP contribution in [0.4, 0.5) is 13.2 Å². The van der Waals surface area contributed by atoms with E-state index >= 15 is 0 Å². The third-order valence-corrected chi connectivity index (χ3v) is 5.69. The smallest absolute Gasteiger partial charge is 0.342 e. The van der Waals surface area contributed by atoms with Crippen molar-refractivity contribution in [3.8, 4) is 11.1 Å². The van der Waals surface area contributed by atoms with Gasteiger partial charge in [0.2, 0.25) is 10.0 Å². The highest BCUT2D eigenvalue weighted by atomic mass is 32.2. The minimum Gasteiger partial charge on any atom is -0.342 e. The minimum absolute atomic E-state index is 0.0949. The van der Waals surface area contributed by atoms with Crippen LogP contribution in [0.3, 0.4) is 0 Å². The number of sulfonamides is 1. The predicted molar refractivity (Wildman–Crippen MR) is 103 cm³/mol. The lowest BCUT2D eigenvalue weighted by Gasteiger charge is -2.09. The molecule has 0 aliphatic carbocycles. The van der Waals surface area contributed by atoms with Crippen LogP contribution in [-0.4, -0.2) is 34.7 Å². The van der Waals surface area contributed by atoms with E-state index in [0.29, 0.717) is 4.52 Å². The summed E-state index contributed by atoms with van der Waals surface area (Å²) in [5.41, 5.74) is -3.66. The zero-order valence-electron chi connectivity index (χ0n) is 15.9. The number of alkyl halides is 3. The molecule has 0 bridgehead atoms. The summed E-state index contributed by atoms with van der Waals surface area (Å²) in [4.78, 5) is 27.8. The molecule has 160 valence electrons. The Balaban J connectivity index is 2.27. The van der Waals surface area contributed by atoms with Gasteiger partial charge in [-0.15, -0.1) is 0 Å². The fraction of sp³-hybridized carbons (Fsp3) is 0.278. The summed E-state index contributed by atoms with van der Waals surface area (Å²) in [6, 6.07) is 7.54. The molecule has 0 radical (unpaired) electrons. The van der Waals surface area contributed by atoms with Crippen LogP contribution in [0.5, 0.6) is 0 Å². The number of aryl methyl sites for hydroxylation is 1. The number of hydrogen-bond donors (Lipinski definition) is 2. The summed E-state index contributed by atoms with van der Waals surface area (Å²) >= 11 is 0. The van der Waals surface area contributed by atoms with Crippen molar-refractivity contribution in [1.82, 2.24) is 19.3 Å². The van der Waals surface area contributed by atoms with Gasteiger partial charge in [-0.05, 0) is 18.9 Å². The van der Waals surface area contributed by atoms with Crippen LogP contribution >= 0.6 is 0 Å². The Kier molecular flexibility index (Phi) is 5.46. The number of fused-ring (bicyclic) bond motifs is 1. The number of H-pyrrole nitrogens is 1. The predicted octanol–water partition coefficient (Wildman–Crippen LogP) is 2.49. The number of aromatic nitrogens is 3. The second kappa shape index (κ2) is 7.59. The zero-order valence-corrected chi connectivity index (χ0v) is 16.7. The fourth-order valence-electron chi connectivity index (χ4n) is 3.04. The second-order valence-electron chi connectivity index (χ2n) is 6.53. The van der Waals surface area contributed by atoms with Gasteiger partial charge in [0.1, 0.15) is 11.2 Å². The van der Waals surface area contributed by atoms with Crippen LogP contribution < -0.4 is 10.3 Å². The van der Waals surface area contributed by atoms with Crippen molar-refractivity contribution in [2.75, 3.05) is 5.75 Å². The highest BCUT2D eigenvalue weighted by Gasteiger charge is 2.39. The van der Waals surface area contributed by atoms with Crippen molar-refractivity contribution < 1.29 is 26.4 Å². The van der Waals surface area contributed by atoms with E-state index in [-0.39, 0.29) is 34.6 Å². The molecule has 2 N–H and O–H groups in total. The number of hydrogen-bond acceptors (Lipinski definition) is 5. The molecule has 30 heavy (non-hydrogen) atoms. The molecule has 0 atom stereocenters. The lowest BCUT2D eigenvalue weighted by atomic mass is 10.1. The molecule has 8 nitrogen and oxygen atoms in total. The summed E-state index contributed by atoms with van der Waals surface area (Å²) in [6.07, 6.45) is -4.65. The molecule has 3 rings (SSSR count). The van der Waals surface area contributed by atoms with E-state index in [9.17, 15) is 31.2 Å². The Morgan fingerprint density at radius 3 is 2.43 bits per heavy atom. The third-order valence-electron chi connectivity index (χ3n) is 4.25. The van der Waals surface area contributed by atoms with E-state index in [1.54, 1.807) is 17.7 Å². The Labute approximate surface area is 168 Å². The van der Waals surface area contributed by atoms with Crippen molar-refractivity contribution in [3.05, 3.63) is 57.6 Å². The molecule has 0 spiro atoms. The first kappa shape index (κ1) is 21.6. The van der Waals surface area contributed by atoms with Gasteiger partial charge < -0.3 is 4.98 Å². The first-order chi connectivity index (χ1) is 14.0. The van der Waals surface area contributed by atoms with Gasteiger partial charge in [-0.2, -0.15) is 22.8 Å². The van der Waals surface area contributed by atoms with Crippen molar-refractivity contribution in [2.45, 2.75) is 26.4 Å². The molecule has 0 saturated heterocycles. The van der Waals surface area contributed by atoms with Crippen molar-refractivity contribution in [1.29, 1.82) is 0 Å². The zero-order chi connectivity index (χ0) is 22.3. The maximum atomic E-state index is 13.6. The molecule has 2 heterocycles. The molecule has 2 aromatic heterocycles. The Morgan fingerprint density at radius 2 is 1.87 bits per heavy atom. The summed E-state index contributed by atoms with van der Waals surface area (Å²) in [6.45, 7) is 2.87. The molecule has 12 heteroatoms. The molecular formula is C18H17F3N4O4S. The van der Waals surface area contributed by atoms with E-state index in [0.717, 1.165) is 0 Å². The van der Waals surface area contributed by atoms with Gasteiger partial charge in [-0.25, -0.2) is 13.1 Å². The Morgan fingerprint density at radius 1 is 1.23 bits per heavy atom. The number of carbonyl (C=O) groups is 1. The van der Waals surface area contributed by atoms with Gasteiger partial charge in [-0.3, -0.25) is 9.59 Å². The van der Waals surface area contributed by atoms with Crippen LogP contribution in [0, 0.1) is 6.92 Å². The monoisotopic (exact) mass is 442 g/mol. The molecule has 0 aliphatic heterocycles. The fourth-order valence-corrected chi connectivity index (χ4v) is 4.07. The number of nitrogens with zero attached hydrogens (tertiary/aromatic N) is 2. The highest BCUT2D eigenvalue weighted by molar-refractivity contribution is 7.90. The van der Waals surface area contributed by atoms with Gasteiger partial charge in [0, 0.05) is 5.69 Å². The molecule has 0 unspecified atom stereocenters. The lowest BCUT2D eigenvalue weighted by Crippen LogP contribution is -2.37. The molecule has 0 saturated carbocycles. The van der Waals surface area contributed by atoms with Gasteiger partial charge >= 0.3 is 6.18 Å². The Bertz CT molecular complexity index is 1280. The lowest BCUT2D eigenvalue weighted by molar-refractivity contribution is -0.140. The molecule has 1 amide bonds. The molecule has 0 aliphatic rings. The van der Waals surface area contributed by atoms with Crippen molar-refractivity contribution in [2.24, 2.45) is 0 Å². The average Bonchev–Trinajstić information content (AvgIpc) is 3.01. The number of carbonyl (C=O) groups excluding carboxylic acids is 1. The molecule has 3 aromatic rings. The molecular weight excluding hydrogens is 425 g/mol. The quantitative estimate of drug-likeness (QED) is 0.630. The normalized spacial score (nSPS) is 12.3. The topological polar surface area (TPSA) is 113 Å². The number of nitrogens with one attached hydrogen (secondary N) is 2. The minimum atomic E-state index is -4.88. The number of rotatable bonds is 5. The second-order valence-corrected chi connectivity index (χ2v) is 8.37. The highest BCUT2D eigenvalue weighted by Crippen LogP contribution is 2.38. The van der Waals surface area contributed by atoms with Crippen molar-refractivity contribution in [3.63, 3.8) is 0 Å². The first-order valence-electron chi connectivity index (χ1n) is 8.79. The number of halogens is 3. The standard InChI is InChI=1S/C18H17F3N4O4S/c1-3-9-30(28,29)24-16(26)12-10(2)22-15-13(11-7-5-4-6-8-11)14(18(19,20)21)23-25(15)17(12)27/h4-8,22H,3,9H2,1-2H3,(H,24,26). The number of benzene rings is 1. The van der Waals surface area contributed by atoms with Crippen LogP contribution in [0.1, 0.15) is 35.1 Å². The largest absolute Gasteiger partial charge is 0.435 e.